The van der Waals surface area contributed by atoms with Crippen LogP contribution in [-0.4, -0.2) is 33.6 Å². The molecule has 1 aromatic heterocycles. The summed E-state index contributed by atoms with van der Waals surface area (Å²) in [5, 5.41) is 14.3. The minimum absolute atomic E-state index is 0.0992. The smallest absolute Gasteiger partial charge is 0.246 e. The Morgan fingerprint density at radius 1 is 0.815 bits per heavy atom. The molecule has 1 N–H and O–H groups in total. The van der Waals surface area contributed by atoms with E-state index in [4.69, 9.17) is 16.3 Å². The number of rotatable bonds is 8. The summed E-state index contributed by atoms with van der Waals surface area (Å²) in [6, 6.07) is 34.5. The molecule has 5 aromatic rings. The van der Waals surface area contributed by atoms with E-state index in [-0.39, 0.29) is 37.1 Å². The van der Waals surface area contributed by atoms with Crippen LogP contribution >= 0.6 is 22.9 Å². The molecule has 9 rings (SSSR count). The number of thiophene rings is 1. The van der Waals surface area contributed by atoms with Crippen molar-refractivity contribution in [3.05, 3.63) is 159 Å². The third kappa shape index (κ3) is 5.32. The van der Waals surface area contributed by atoms with Gasteiger partial charge in [0.2, 0.25) is 23.6 Å². The molecule has 0 bridgehead atoms. The Bertz CT molecular complexity index is 2330. The van der Waals surface area contributed by atoms with Gasteiger partial charge in [0.25, 0.3) is 0 Å². The van der Waals surface area contributed by atoms with Gasteiger partial charge in [-0.05, 0) is 65.6 Å². The summed E-state index contributed by atoms with van der Waals surface area (Å²) in [7, 11) is 0. The summed E-state index contributed by atoms with van der Waals surface area (Å²) in [6.45, 7) is 0.478. The number of benzene rings is 4. The standard InChI is InChI=1S/C44H35ClN2O6S/c45-28-13-7-14-29(21-28)47-41(50)36-23-35-32(18-19-34-38(35)42(51)46(40(34)49)24-31-15-8-20-54-31)39(44(36,43(47)52)27-11-5-2-6-12-27)33-17-16-30(22-37(33)48)53-25-26-9-3-1-4-10-26/h1-18,20-22,34-36,38-39,48H,19,23-25H2/t34-,35+,36-,38-,39+,44+/m0/s1. The van der Waals surface area contributed by atoms with Crippen LogP contribution in [-0.2, 0) is 37.7 Å². The van der Waals surface area contributed by atoms with Gasteiger partial charge in [0.05, 0.1) is 35.4 Å². The van der Waals surface area contributed by atoms with Gasteiger partial charge < -0.3 is 9.84 Å². The molecule has 10 heteroatoms. The van der Waals surface area contributed by atoms with Gasteiger partial charge in [0.1, 0.15) is 18.1 Å². The second-order valence-corrected chi connectivity index (χ2v) is 15.9. The Morgan fingerprint density at radius 2 is 1.59 bits per heavy atom. The first-order valence-corrected chi connectivity index (χ1v) is 19.3. The number of phenols is 1. The predicted octanol–water partition coefficient (Wildman–Crippen LogP) is 8.05. The van der Waals surface area contributed by atoms with Crippen LogP contribution in [0.15, 0.2) is 132 Å². The number of halogens is 1. The molecule has 0 spiro atoms. The van der Waals surface area contributed by atoms with Crippen molar-refractivity contribution in [1.29, 1.82) is 0 Å². The van der Waals surface area contributed by atoms with Crippen LogP contribution in [0.25, 0.3) is 0 Å². The summed E-state index contributed by atoms with van der Waals surface area (Å²) in [5.41, 5.74) is 1.65. The molecule has 0 unspecified atom stereocenters. The summed E-state index contributed by atoms with van der Waals surface area (Å²) in [5.74, 6) is -4.63. The zero-order valence-corrected chi connectivity index (χ0v) is 30.6. The monoisotopic (exact) mass is 754 g/mol. The number of allylic oxidation sites excluding steroid dienone is 2. The maximum absolute atomic E-state index is 15.5. The average Bonchev–Trinajstić information content (AvgIpc) is 3.85. The zero-order valence-electron chi connectivity index (χ0n) is 29.0. The van der Waals surface area contributed by atoms with E-state index in [2.05, 4.69) is 0 Å². The molecule has 6 atom stereocenters. The van der Waals surface area contributed by atoms with E-state index in [1.54, 1.807) is 42.5 Å². The third-order valence-corrected chi connectivity index (χ3v) is 12.8. The highest BCUT2D eigenvalue weighted by Crippen LogP contribution is 2.65. The van der Waals surface area contributed by atoms with Crippen LogP contribution in [0.2, 0.25) is 5.02 Å². The molecule has 4 aromatic carbocycles. The first kappa shape index (κ1) is 34.3. The minimum Gasteiger partial charge on any atom is -0.508 e. The van der Waals surface area contributed by atoms with Crippen molar-refractivity contribution >= 4 is 52.3 Å². The molecular formula is C44H35ClN2O6S. The molecule has 1 saturated carbocycles. The molecule has 8 nitrogen and oxygen atoms in total. The van der Waals surface area contributed by atoms with Gasteiger partial charge >= 0.3 is 0 Å². The number of nitrogens with zero attached hydrogens (tertiary/aromatic N) is 2. The number of hydrogen-bond acceptors (Lipinski definition) is 7. The normalized spacial score (nSPS) is 26.0. The molecule has 2 aliphatic carbocycles. The van der Waals surface area contributed by atoms with E-state index in [1.807, 2.05) is 84.3 Å². The topological polar surface area (TPSA) is 104 Å². The maximum Gasteiger partial charge on any atom is 0.246 e. The summed E-state index contributed by atoms with van der Waals surface area (Å²) in [6.07, 6.45) is 2.47. The van der Waals surface area contributed by atoms with Crippen LogP contribution in [0.4, 0.5) is 5.69 Å². The van der Waals surface area contributed by atoms with Crippen LogP contribution in [0, 0.1) is 23.7 Å². The van der Waals surface area contributed by atoms with E-state index < -0.39 is 46.8 Å². The Labute approximate surface area is 321 Å². The van der Waals surface area contributed by atoms with E-state index in [0.717, 1.165) is 16.0 Å². The maximum atomic E-state index is 15.5. The van der Waals surface area contributed by atoms with Gasteiger partial charge in [0.15, 0.2) is 0 Å². The second kappa shape index (κ2) is 13.4. The quantitative estimate of drug-likeness (QED) is 0.127. The van der Waals surface area contributed by atoms with E-state index in [1.165, 1.54) is 21.1 Å². The van der Waals surface area contributed by atoms with Gasteiger partial charge in [-0.2, -0.15) is 0 Å². The third-order valence-electron chi connectivity index (χ3n) is 11.7. The number of amides is 4. The second-order valence-electron chi connectivity index (χ2n) is 14.4. The SMILES string of the molecule is O=C1[C@H]2[C@H](CC=C3[C@H]2C[C@H]2C(=O)N(c4cccc(Cl)c4)C(=O)[C@@]2(c2ccccc2)[C@H]3c2ccc(OCc3ccccc3)cc2O)C(=O)N1Cc1cccs1. The van der Waals surface area contributed by atoms with Gasteiger partial charge in [-0.15, -0.1) is 11.3 Å². The van der Waals surface area contributed by atoms with Gasteiger partial charge in [-0.3, -0.25) is 24.1 Å². The highest BCUT2D eigenvalue weighted by molar-refractivity contribution is 7.09. The molecule has 4 amide bonds. The fourth-order valence-electron chi connectivity index (χ4n) is 9.47. The summed E-state index contributed by atoms with van der Waals surface area (Å²) in [4.78, 5) is 62.3. The molecule has 4 aliphatic rings. The van der Waals surface area contributed by atoms with Crippen molar-refractivity contribution in [1.82, 2.24) is 4.90 Å². The van der Waals surface area contributed by atoms with Crippen molar-refractivity contribution in [2.24, 2.45) is 23.7 Å². The number of fused-ring (bicyclic) bond motifs is 4. The first-order chi connectivity index (χ1) is 26.3. The number of ether oxygens (including phenoxy) is 1. The fraction of sp³-hybridized carbons (Fsp3) is 0.227. The molecule has 3 fully saturated rings. The van der Waals surface area contributed by atoms with Gasteiger partial charge in [-0.25, -0.2) is 4.90 Å². The lowest BCUT2D eigenvalue weighted by atomic mass is 9.49. The molecule has 2 saturated heterocycles. The minimum atomic E-state index is -1.50. The number of likely N-dealkylation sites (tertiary alicyclic amines) is 1. The number of phenolic OH excluding ortho intramolecular Hbond substituents is 1. The molecular weight excluding hydrogens is 720 g/mol. The van der Waals surface area contributed by atoms with Crippen molar-refractivity contribution in [3.8, 4) is 11.5 Å². The summed E-state index contributed by atoms with van der Waals surface area (Å²) >= 11 is 7.91. The number of carbonyl (C=O) groups is 4. The summed E-state index contributed by atoms with van der Waals surface area (Å²) < 4.78 is 6.08. The van der Waals surface area contributed by atoms with Crippen molar-refractivity contribution < 1.29 is 29.0 Å². The highest BCUT2D eigenvalue weighted by Gasteiger charge is 2.70. The molecule has 0 radical (unpaired) electrons. The van der Waals surface area contributed by atoms with Crippen molar-refractivity contribution in [2.75, 3.05) is 4.90 Å². The average molecular weight is 755 g/mol. The Morgan fingerprint density at radius 3 is 2.31 bits per heavy atom. The number of carbonyl (C=O) groups excluding carboxylic acids is 4. The molecule has 2 aliphatic heterocycles. The largest absolute Gasteiger partial charge is 0.508 e. The zero-order chi connectivity index (χ0) is 37.1. The highest BCUT2D eigenvalue weighted by atomic mass is 35.5. The van der Waals surface area contributed by atoms with Crippen LogP contribution in [0.1, 0.15) is 40.3 Å². The van der Waals surface area contributed by atoms with Gasteiger partial charge in [-0.1, -0.05) is 102 Å². The molecule has 270 valence electrons. The lowest BCUT2D eigenvalue weighted by Crippen LogP contribution is -2.53. The van der Waals surface area contributed by atoms with Gasteiger partial charge in [0, 0.05) is 27.4 Å². The van der Waals surface area contributed by atoms with Crippen LogP contribution in [0.5, 0.6) is 11.5 Å². The van der Waals surface area contributed by atoms with E-state index >= 15 is 4.79 Å². The predicted molar refractivity (Wildman–Crippen MR) is 205 cm³/mol. The Kier molecular flexibility index (Phi) is 8.51. The number of hydrogen-bond donors (Lipinski definition) is 1. The van der Waals surface area contributed by atoms with E-state index in [9.17, 15) is 19.5 Å². The van der Waals surface area contributed by atoms with Crippen molar-refractivity contribution in [3.63, 3.8) is 0 Å². The van der Waals surface area contributed by atoms with E-state index in [0.29, 0.717) is 34.0 Å². The van der Waals surface area contributed by atoms with Crippen LogP contribution in [0.3, 0.4) is 0 Å². The lowest BCUT2D eigenvalue weighted by Gasteiger charge is -2.50. The molecule has 3 heterocycles. The molecule has 54 heavy (non-hydrogen) atoms. The Hall–Kier alpha value is -5.51. The number of aromatic hydroxyl groups is 1. The lowest BCUT2D eigenvalue weighted by molar-refractivity contribution is -0.141. The first-order valence-electron chi connectivity index (χ1n) is 18.0. The Balaban J connectivity index is 1.21. The number of anilines is 1. The fourth-order valence-corrected chi connectivity index (χ4v) is 10.3. The van der Waals surface area contributed by atoms with Crippen LogP contribution < -0.4 is 9.64 Å². The van der Waals surface area contributed by atoms with Crippen molar-refractivity contribution in [2.45, 2.75) is 37.3 Å². The number of imide groups is 2.